The molecule has 2 heterocycles. The van der Waals surface area contributed by atoms with E-state index in [9.17, 15) is 9.90 Å². The molecule has 3 N–H and O–H groups in total. The molecule has 9 nitrogen and oxygen atoms in total. The van der Waals surface area contributed by atoms with Gasteiger partial charge < -0.3 is 20.2 Å². The molecule has 0 fully saturated rings. The van der Waals surface area contributed by atoms with Crippen LogP contribution in [-0.4, -0.2) is 38.6 Å². The van der Waals surface area contributed by atoms with Crippen LogP contribution >= 0.6 is 0 Å². The van der Waals surface area contributed by atoms with Gasteiger partial charge >= 0.3 is 0 Å². The Morgan fingerprint density at radius 1 is 1.52 bits per heavy atom. The Hall–Kier alpha value is -2.29. The number of carbonyl (C=O) groups is 1. The molecule has 1 aliphatic rings. The van der Waals surface area contributed by atoms with Gasteiger partial charge in [0.25, 0.3) is 12.2 Å². The smallest absolute Gasteiger partial charge is 0.267 e. The van der Waals surface area contributed by atoms with Crippen LogP contribution in [0.1, 0.15) is 30.0 Å². The summed E-state index contributed by atoms with van der Waals surface area (Å²) in [4.78, 5) is 20.3. The Bertz CT molecular complexity index is 619. The molecule has 21 heavy (non-hydrogen) atoms. The highest BCUT2D eigenvalue weighted by Gasteiger charge is 2.34. The zero-order valence-electron chi connectivity index (χ0n) is 12.3. The maximum Gasteiger partial charge on any atom is 0.267 e. The number of aliphatic hydroxyl groups is 1. The lowest BCUT2D eigenvalue weighted by molar-refractivity contribution is -0.0842. The van der Waals surface area contributed by atoms with E-state index in [4.69, 9.17) is 10.6 Å². The lowest BCUT2D eigenvalue weighted by atomic mass is 10.0. The van der Waals surface area contributed by atoms with Crippen molar-refractivity contribution in [2.45, 2.75) is 33.1 Å². The van der Waals surface area contributed by atoms with E-state index in [1.807, 2.05) is 13.8 Å². The number of hydrogen-bond donors (Lipinski definition) is 2. The fourth-order valence-corrected chi connectivity index (χ4v) is 2.10. The van der Waals surface area contributed by atoms with E-state index in [2.05, 4.69) is 20.4 Å². The number of hydrogen-bond acceptors (Lipinski definition) is 7. The molecule has 1 amide bonds. The number of nitrogens with two attached hydrogens (primary N) is 1. The highest BCUT2D eigenvalue weighted by molar-refractivity contribution is 5.93. The lowest BCUT2D eigenvalue weighted by Gasteiger charge is -2.10. The van der Waals surface area contributed by atoms with Crippen molar-refractivity contribution in [3.05, 3.63) is 11.4 Å². The summed E-state index contributed by atoms with van der Waals surface area (Å²) < 4.78 is 1.45. The van der Waals surface area contributed by atoms with Gasteiger partial charge in [-0.1, -0.05) is 19.0 Å². The van der Waals surface area contributed by atoms with Crippen LogP contribution in [-0.2, 0) is 11.9 Å². The molecular weight excluding hydrogens is 276 g/mol. The van der Waals surface area contributed by atoms with Crippen molar-refractivity contribution in [1.82, 2.24) is 9.55 Å². The van der Waals surface area contributed by atoms with Crippen molar-refractivity contribution in [1.29, 1.82) is 0 Å². The molecular formula is C12H18N6O3. The maximum atomic E-state index is 11.3. The number of nitrogens with zero attached hydrogens (tertiary/aromatic N) is 5. The van der Waals surface area contributed by atoms with Crippen molar-refractivity contribution in [2.24, 2.45) is 34.1 Å². The van der Waals surface area contributed by atoms with Crippen molar-refractivity contribution in [3.8, 4) is 0 Å². The normalized spacial score (nSPS) is 21.9. The minimum atomic E-state index is -1.16. The number of aromatic nitrogens is 2. The maximum absolute atomic E-state index is 11.3. The third kappa shape index (κ3) is 2.77. The first-order valence-corrected chi connectivity index (χ1v) is 6.48. The molecule has 1 aromatic heterocycles. The van der Waals surface area contributed by atoms with Gasteiger partial charge in [0.05, 0.1) is 11.4 Å². The Labute approximate surface area is 121 Å². The van der Waals surface area contributed by atoms with Crippen LogP contribution in [0.5, 0.6) is 0 Å². The Morgan fingerprint density at radius 3 is 2.71 bits per heavy atom. The van der Waals surface area contributed by atoms with Crippen molar-refractivity contribution in [2.75, 3.05) is 0 Å². The van der Waals surface area contributed by atoms with Crippen molar-refractivity contribution >= 4 is 17.6 Å². The zero-order chi connectivity index (χ0) is 15.7. The number of oxime groups is 1. The first-order valence-electron chi connectivity index (χ1n) is 6.48. The molecule has 0 bridgehead atoms. The second kappa shape index (κ2) is 5.60. The van der Waals surface area contributed by atoms with Crippen LogP contribution < -0.4 is 5.73 Å². The highest BCUT2D eigenvalue weighted by Crippen LogP contribution is 2.22. The molecule has 9 heteroatoms. The van der Waals surface area contributed by atoms with E-state index in [1.54, 1.807) is 14.0 Å². The molecule has 0 saturated heterocycles. The van der Waals surface area contributed by atoms with Gasteiger partial charge in [0.15, 0.2) is 6.04 Å². The number of carbonyl (C=O) groups excluding carboxylic acids is 1. The number of rotatable bonds is 4. The summed E-state index contributed by atoms with van der Waals surface area (Å²) in [7, 11) is 1.62. The van der Waals surface area contributed by atoms with E-state index in [0.717, 1.165) is 0 Å². The zero-order valence-corrected chi connectivity index (χ0v) is 12.3. The largest absolute Gasteiger partial charge is 0.364 e. The molecule has 0 radical (unpaired) electrons. The van der Waals surface area contributed by atoms with Gasteiger partial charge in [-0.25, -0.2) is 4.98 Å². The van der Waals surface area contributed by atoms with E-state index in [0.29, 0.717) is 11.4 Å². The minimum absolute atomic E-state index is 0.0652. The van der Waals surface area contributed by atoms with Crippen LogP contribution in [0.25, 0.3) is 0 Å². The summed E-state index contributed by atoms with van der Waals surface area (Å²) in [5.74, 6) is -0.295. The third-order valence-electron chi connectivity index (χ3n) is 3.18. The summed E-state index contributed by atoms with van der Waals surface area (Å²) in [6.45, 7) is 5.49. The summed E-state index contributed by atoms with van der Waals surface area (Å²) in [5.41, 5.74) is 6.62. The van der Waals surface area contributed by atoms with Crippen LogP contribution in [0.4, 0.5) is 5.95 Å². The first kappa shape index (κ1) is 15.1. The number of aliphatic hydroxyl groups excluding tert-OH is 1. The quantitative estimate of drug-likeness (QED) is 0.789. The topological polar surface area (TPSA) is 127 Å². The van der Waals surface area contributed by atoms with E-state index in [-0.39, 0.29) is 17.6 Å². The fraction of sp³-hybridized carbons (Fsp3) is 0.583. The van der Waals surface area contributed by atoms with Crippen LogP contribution in [0.2, 0.25) is 0 Å². The molecule has 0 spiro atoms. The minimum Gasteiger partial charge on any atom is -0.364 e. The first-order chi connectivity index (χ1) is 9.82. The molecule has 2 rings (SSSR count). The van der Waals surface area contributed by atoms with Gasteiger partial charge in [-0.3, -0.25) is 4.79 Å². The van der Waals surface area contributed by atoms with Crippen LogP contribution in [0.15, 0.2) is 15.4 Å². The molecule has 1 aliphatic heterocycles. The van der Waals surface area contributed by atoms with E-state index in [1.165, 1.54) is 4.57 Å². The molecule has 114 valence electrons. The van der Waals surface area contributed by atoms with Gasteiger partial charge in [-0.15, -0.1) is 5.11 Å². The second-order valence-corrected chi connectivity index (χ2v) is 5.10. The summed E-state index contributed by atoms with van der Waals surface area (Å²) in [6.07, 6.45) is -1.16. The molecule has 1 aromatic rings. The average Bonchev–Trinajstić information content (AvgIpc) is 2.87. The standard InChI is InChI=1S/C12H18N6O3/c1-5(2)7-8(11(20)21-17-7)15-16-12-14-6(3)9(10(13)19)18(12)4/h5,8,11,20H,1-4H3,(H2,13,19). The van der Waals surface area contributed by atoms with Gasteiger partial charge in [-0.05, 0) is 12.8 Å². The van der Waals surface area contributed by atoms with Crippen LogP contribution in [0.3, 0.4) is 0 Å². The van der Waals surface area contributed by atoms with Crippen molar-refractivity contribution in [3.63, 3.8) is 0 Å². The molecule has 2 unspecified atom stereocenters. The predicted octanol–water partition coefficient (Wildman–Crippen LogP) is 0.640. The monoisotopic (exact) mass is 294 g/mol. The van der Waals surface area contributed by atoms with Gasteiger partial charge in [0.2, 0.25) is 5.95 Å². The SMILES string of the molecule is Cc1nc(N=NC2C(C(C)C)=NOC2O)n(C)c1C(N)=O. The average molecular weight is 294 g/mol. The third-order valence-corrected chi connectivity index (χ3v) is 3.18. The summed E-state index contributed by atoms with van der Waals surface area (Å²) in [5, 5.41) is 21.5. The Kier molecular flexibility index (Phi) is 4.03. The molecule has 2 atom stereocenters. The highest BCUT2D eigenvalue weighted by atomic mass is 16.7. The fourth-order valence-electron chi connectivity index (χ4n) is 2.10. The van der Waals surface area contributed by atoms with Gasteiger partial charge in [0, 0.05) is 7.05 Å². The molecule has 0 aromatic carbocycles. The number of imidazole rings is 1. The number of aryl methyl sites for hydroxylation is 1. The van der Waals surface area contributed by atoms with Gasteiger partial charge in [0.1, 0.15) is 5.69 Å². The number of azo groups is 1. The van der Waals surface area contributed by atoms with E-state index >= 15 is 0 Å². The predicted molar refractivity (Wildman–Crippen MR) is 74.1 cm³/mol. The Balaban J connectivity index is 2.28. The summed E-state index contributed by atoms with van der Waals surface area (Å²) >= 11 is 0. The second-order valence-electron chi connectivity index (χ2n) is 5.10. The number of amides is 1. The molecule has 0 aliphatic carbocycles. The van der Waals surface area contributed by atoms with Crippen molar-refractivity contribution < 1.29 is 14.7 Å². The van der Waals surface area contributed by atoms with E-state index < -0.39 is 18.2 Å². The van der Waals surface area contributed by atoms with Crippen LogP contribution in [0, 0.1) is 12.8 Å². The summed E-state index contributed by atoms with van der Waals surface area (Å²) in [6, 6.07) is -0.681. The van der Waals surface area contributed by atoms with Gasteiger partial charge in [-0.2, -0.15) is 5.11 Å². The lowest BCUT2D eigenvalue weighted by Crippen LogP contribution is -2.29. The molecule has 0 saturated carbocycles. The Morgan fingerprint density at radius 2 is 2.19 bits per heavy atom. The number of primary amides is 1.